The zero-order valence-electron chi connectivity index (χ0n) is 11.7. The molecule has 0 aliphatic heterocycles. The van der Waals surface area contributed by atoms with E-state index in [4.69, 9.17) is 0 Å². The summed E-state index contributed by atoms with van der Waals surface area (Å²) in [6, 6.07) is 0. The van der Waals surface area contributed by atoms with Crippen molar-refractivity contribution in [3.63, 3.8) is 0 Å². The van der Waals surface area contributed by atoms with Gasteiger partial charge in [-0.05, 0) is 32.1 Å². The number of carboxylic acid groups (broad SMARTS) is 1. The Labute approximate surface area is 114 Å². The van der Waals surface area contributed by atoms with Gasteiger partial charge in [0.2, 0.25) is 0 Å². The second kappa shape index (κ2) is 6.17. The van der Waals surface area contributed by atoms with E-state index in [0.29, 0.717) is 5.92 Å². The zero-order chi connectivity index (χ0) is 13.8. The molecule has 0 aromatic carbocycles. The van der Waals surface area contributed by atoms with Gasteiger partial charge in [0.05, 0.1) is 17.8 Å². The molecular formula is C14H23N3O2. The van der Waals surface area contributed by atoms with Crippen molar-refractivity contribution < 1.29 is 9.90 Å². The van der Waals surface area contributed by atoms with Crippen LogP contribution in [-0.4, -0.2) is 26.1 Å². The maximum atomic E-state index is 11.5. The van der Waals surface area contributed by atoms with Gasteiger partial charge in [0.1, 0.15) is 0 Å². The smallest absolute Gasteiger partial charge is 0.307 e. The minimum absolute atomic E-state index is 0.0674. The Bertz CT molecular complexity index is 430. The molecule has 3 unspecified atom stereocenters. The summed E-state index contributed by atoms with van der Waals surface area (Å²) in [5, 5.41) is 17.4. The van der Waals surface area contributed by atoms with E-state index in [1.54, 1.807) is 6.20 Å². The van der Waals surface area contributed by atoms with Crippen LogP contribution < -0.4 is 0 Å². The number of aryl methyl sites for hydroxylation is 1. The monoisotopic (exact) mass is 265 g/mol. The van der Waals surface area contributed by atoms with Crippen LogP contribution in [0.1, 0.15) is 57.6 Å². The Morgan fingerprint density at radius 1 is 1.47 bits per heavy atom. The molecule has 3 atom stereocenters. The van der Waals surface area contributed by atoms with Crippen molar-refractivity contribution in [2.45, 2.75) is 58.4 Å². The number of hydrogen-bond acceptors (Lipinski definition) is 3. The molecular weight excluding hydrogens is 242 g/mol. The minimum Gasteiger partial charge on any atom is -0.481 e. The first-order valence-electron chi connectivity index (χ1n) is 7.28. The topological polar surface area (TPSA) is 68.0 Å². The predicted octanol–water partition coefficient (Wildman–Crippen LogP) is 2.68. The van der Waals surface area contributed by atoms with Gasteiger partial charge in [-0.3, -0.25) is 4.79 Å². The van der Waals surface area contributed by atoms with Gasteiger partial charge in [-0.15, -0.1) is 5.10 Å². The van der Waals surface area contributed by atoms with Crippen molar-refractivity contribution in [2.24, 2.45) is 11.8 Å². The molecule has 0 spiro atoms. The number of carbonyl (C=O) groups is 1. The number of rotatable bonds is 5. The Morgan fingerprint density at radius 3 is 2.89 bits per heavy atom. The molecule has 1 aromatic rings. The van der Waals surface area contributed by atoms with Gasteiger partial charge in [0.25, 0.3) is 0 Å². The molecule has 0 radical (unpaired) electrons. The Morgan fingerprint density at radius 2 is 2.26 bits per heavy atom. The molecule has 0 bridgehead atoms. The first-order chi connectivity index (χ1) is 9.17. The lowest BCUT2D eigenvalue weighted by molar-refractivity contribution is -0.144. The molecule has 1 heterocycles. The second-order valence-corrected chi connectivity index (χ2v) is 5.49. The zero-order valence-corrected chi connectivity index (χ0v) is 11.7. The van der Waals surface area contributed by atoms with Gasteiger partial charge in [-0.1, -0.05) is 25.0 Å². The highest BCUT2D eigenvalue weighted by atomic mass is 16.4. The van der Waals surface area contributed by atoms with Gasteiger partial charge in [0.15, 0.2) is 0 Å². The van der Waals surface area contributed by atoms with Crippen LogP contribution in [-0.2, 0) is 11.3 Å². The van der Waals surface area contributed by atoms with Crippen molar-refractivity contribution in [1.29, 1.82) is 0 Å². The normalized spacial score (nSPS) is 27.4. The molecule has 0 saturated heterocycles. The summed E-state index contributed by atoms with van der Waals surface area (Å²) in [6.45, 7) is 4.95. The first-order valence-corrected chi connectivity index (χ1v) is 7.28. The number of hydrogen-bond donors (Lipinski definition) is 1. The molecule has 1 saturated carbocycles. The maximum Gasteiger partial charge on any atom is 0.307 e. The van der Waals surface area contributed by atoms with E-state index < -0.39 is 5.97 Å². The summed E-state index contributed by atoms with van der Waals surface area (Å²) < 4.78 is 1.84. The van der Waals surface area contributed by atoms with Gasteiger partial charge in [-0.2, -0.15) is 0 Å². The first kappa shape index (κ1) is 14.0. The van der Waals surface area contributed by atoms with E-state index in [1.807, 2.05) is 11.6 Å². The Kier molecular flexibility index (Phi) is 4.56. The molecule has 106 valence electrons. The average molecular weight is 265 g/mol. The number of carboxylic acids is 1. The van der Waals surface area contributed by atoms with Crippen LogP contribution >= 0.6 is 0 Å². The molecule has 1 aliphatic carbocycles. The van der Waals surface area contributed by atoms with Gasteiger partial charge < -0.3 is 5.11 Å². The van der Waals surface area contributed by atoms with E-state index in [0.717, 1.165) is 31.5 Å². The largest absolute Gasteiger partial charge is 0.481 e. The molecule has 5 heteroatoms. The number of aromatic nitrogens is 3. The van der Waals surface area contributed by atoms with Crippen LogP contribution in [0.2, 0.25) is 0 Å². The van der Waals surface area contributed by atoms with E-state index >= 15 is 0 Å². The molecule has 5 nitrogen and oxygen atoms in total. The van der Waals surface area contributed by atoms with Crippen LogP contribution in [0.15, 0.2) is 6.20 Å². The average Bonchev–Trinajstić information content (AvgIpc) is 2.86. The van der Waals surface area contributed by atoms with E-state index in [2.05, 4.69) is 17.2 Å². The third-order valence-corrected chi connectivity index (χ3v) is 4.30. The van der Waals surface area contributed by atoms with Crippen molar-refractivity contribution in [2.75, 3.05) is 0 Å². The van der Waals surface area contributed by atoms with Crippen LogP contribution in [0.25, 0.3) is 0 Å². The molecule has 2 rings (SSSR count). The lowest BCUT2D eigenvalue weighted by Gasteiger charge is -2.33. The van der Waals surface area contributed by atoms with Crippen molar-refractivity contribution in [3.05, 3.63) is 11.9 Å². The third kappa shape index (κ3) is 2.96. The molecule has 1 aromatic heterocycles. The predicted molar refractivity (Wildman–Crippen MR) is 71.8 cm³/mol. The van der Waals surface area contributed by atoms with Gasteiger partial charge in [0, 0.05) is 12.5 Å². The highest BCUT2D eigenvalue weighted by Gasteiger charge is 2.37. The molecule has 1 fully saturated rings. The van der Waals surface area contributed by atoms with Crippen molar-refractivity contribution >= 4 is 5.97 Å². The molecule has 1 aliphatic rings. The molecule has 0 amide bonds. The standard InChI is InChI=1S/C14H23N3O2/c1-3-5-10-6-7-11(14(18)19)12(8-10)13-9-15-16-17(13)4-2/h9-12H,3-8H2,1-2H3,(H,18,19). The summed E-state index contributed by atoms with van der Waals surface area (Å²) in [7, 11) is 0. The van der Waals surface area contributed by atoms with Crippen LogP contribution in [0.4, 0.5) is 0 Å². The summed E-state index contributed by atoms with van der Waals surface area (Å²) in [6.07, 6.45) is 6.88. The fraction of sp³-hybridized carbons (Fsp3) is 0.786. The summed E-state index contributed by atoms with van der Waals surface area (Å²) in [5.41, 5.74) is 0.996. The Balaban J connectivity index is 2.22. The van der Waals surface area contributed by atoms with E-state index in [-0.39, 0.29) is 11.8 Å². The van der Waals surface area contributed by atoms with E-state index in [9.17, 15) is 9.90 Å². The minimum atomic E-state index is -0.677. The highest BCUT2D eigenvalue weighted by molar-refractivity contribution is 5.71. The quantitative estimate of drug-likeness (QED) is 0.888. The highest BCUT2D eigenvalue weighted by Crippen LogP contribution is 2.42. The SMILES string of the molecule is CCCC1CCC(C(=O)O)C(c2cnnn2CC)C1. The van der Waals surface area contributed by atoms with Crippen molar-refractivity contribution in [3.8, 4) is 0 Å². The number of aliphatic carboxylic acids is 1. The Hall–Kier alpha value is -1.39. The van der Waals surface area contributed by atoms with Crippen molar-refractivity contribution in [1.82, 2.24) is 15.0 Å². The molecule has 19 heavy (non-hydrogen) atoms. The number of nitrogens with zero attached hydrogens (tertiary/aromatic N) is 3. The van der Waals surface area contributed by atoms with Crippen LogP contribution in [0.5, 0.6) is 0 Å². The summed E-state index contributed by atoms with van der Waals surface area (Å²) >= 11 is 0. The van der Waals surface area contributed by atoms with Crippen LogP contribution in [0, 0.1) is 11.8 Å². The third-order valence-electron chi connectivity index (χ3n) is 4.30. The maximum absolute atomic E-state index is 11.5. The second-order valence-electron chi connectivity index (χ2n) is 5.49. The van der Waals surface area contributed by atoms with Gasteiger partial charge in [-0.25, -0.2) is 4.68 Å². The fourth-order valence-electron chi connectivity index (χ4n) is 3.35. The lowest BCUT2D eigenvalue weighted by atomic mass is 9.71. The molecule has 1 N–H and O–H groups in total. The summed E-state index contributed by atoms with van der Waals surface area (Å²) in [5.74, 6) is -0.246. The van der Waals surface area contributed by atoms with Gasteiger partial charge >= 0.3 is 5.97 Å². The van der Waals surface area contributed by atoms with E-state index in [1.165, 1.54) is 12.8 Å². The lowest BCUT2D eigenvalue weighted by Crippen LogP contribution is -2.30. The van der Waals surface area contributed by atoms with Crippen LogP contribution in [0.3, 0.4) is 0 Å². The fourth-order valence-corrected chi connectivity index (χ4v) is 3.35. The summed E-state index contributed by atoms with van der Waals surface area (Å²) in [4.78, 5) is 11.5.